The normalized spacial score (nSPS) is 16.1. The van der Waals surface area contributed by atoms with Crippen molar-refractivity contribution in [3.05, 3.63) is 46.8 Å². The van der Waals surface area contributed by atoms with E-state index in [0.717, 1.165) is 42.3 Å². The minimum atomic E-state index is -0.437. The molecule has 1 heterocycles. The fraction of sp³-hybridized carbons (Fsp3) is 0.500. The van der Waals surface area contributed by atoms with Gasteiger partial charge in [0.2, 0.25) is 0 Å². The van der Waals surface area contributed by atoms with Crippen LogP contribution >= 0.6 is 11.8 Å². The molecule has 0 fully saturated rings. The Balaban J connectivity index is 1.78. The van der Waals surface area contributed by atoms with E-state index < -0.39 is 11.9 Å². The summed E-state index contributed by atoms with van der Waals surface area (Å²) in [6.07, 6.45) is 2.91. The van der Waals surface area contributed by atoms with E-state index in [4.69, 9.17) is 14.2 Å². The molecular weight excluding hydrogens is 414 g/mol. The highest BCUT2D eigenvalue weighted by atomic mass is 32.2. The maximum atomic E-state index is 12.6. The van der Waals surface area contributed by atoms with Crippen LogP contribution in [0.15, 0.2) is 51.7 Å². The minimum Gasteiger partial charge on any atom is -0.494 e. The minimum absolute atomic E-state index is 0.323. The Morgan fingerprint density at radius 2 is 1.65 bits per heavy atom. The van der Waals surface area contributed by atoms with Gasteiger partial charge in [-0.25, -0.2) is 9.59 Å². The van der Waals surface area contributed by atoms with Gasteiger partial charge in [-0.2, -0.15) is 0 Å². The van der Waals surface area contributed by atoms with Gasteiger partial charge in [0.05, 0.1) is 31.5 Å². The molecule has 1 atom stereocenters. The van der Waals surface area contributed by atoms with Crippen LogP contribution in [0.1, 0.15) is 47.0 Å². The highest BCUT2D eigenvalue weighted by Crippen LogP contribution is 2.31. The van der Waals surface area contributed by atoms with E-state index in [1.165, 1.54) is 7.11 Å². The molecule has 0 spiro atoms. The van der Waals surface area contributed by atoms with Crippen molar-refractivity contribution >= 4 is 23.7 Å². The molecular formula is C24H33NO5S. The van der Waals surface area contributed by atoms with Crippen molar-refractivity contribution in [1.29, 1.82) is 0 Å². The zero-order valence-electron chi connectivity index (χ0n) is 19.1. The average Bonchev–Trinajstić information content (AvgIpc) is 2.74. The van der Waals surface area contributed by atoms with Crippen molar-refractivity contribution in [1.82, 2.24) is 5.32 Å². The first kappa shape index (κ1) is 24.9. The molecule has 1 aliphatic heterocycles. The Morgan fingerprint density at radius 3 is 2.26 bits per heavy atom. The predicted octanol–water partition coefficient (Wildman–Crippen LogP) is 4.85. The molecule has 170 valence electrons. The third-order valence-electron chi connectivity index (χ3n) is 5.06. The fourth-order valence-corrected chi connectivity index (χ4v) is 4.26. The third kappa shape index (κ3) is 7.06. The Bertz CT molecular complexity index is 829. The van der Waals surface area contributed by atoms with Crippen LogP contribution in [-0.4, -0.2) is 38.0 Å². The number of methoxy groups -OCH3 is 1. The number of thioether (sulfide) groups is 1. The monoisotopic (exact) mass is 447 g/mol. The summed E-state index contributed by atoms with van der Waals surface area (Å²) in [5.74, 6) is 0.509. The quantitative estimate of drug-likeness (QED) is 0.295. The molecule has 1 N–H and O–H groups in total. The van der Waals surface area contributed by atoms with Gasteiger partial charge in [-0.3, -0.25) is 0 Å². The van der Waals surface area contributed by atoms with Crippen molar-refractivity contribution in [2.75, 3.05) is 26.1 Å². The van der Waals surface area contributed by atoms with E-state index in [0.29, 0.717) is 29.1 Å². The summed E-state index contributed by atoms with van der Waals surface area (Å²) >= 11 is 1.71. The Kier molecular flexibility index (Phi) is 9.98. The van der Waals surface area contributed by atoms with E-state index in [1.54, 1.807) is 18.7 Å². The molecule has 1 aromatic rings. The molecule has 2 rings (SSSR count). The number of allylic oxidation sites excluding steroid dienone is 2. The first-order valence-corrected chi connectivity index (χ1v) is 11.7. The molecule has 0 amide bonds. The predicted molar refractivity (Wildman–Crippen MR) is 123 cm³/mol. The number of hydrogen-bond acceptors (Lipinski definition) is 7. The van der Waals surface area contributed by atoms with Crippen molar-refractivity contribution < 1.29 is 23.8 Å². The SMILES string of the molecule is CCCCOc1ccc(SCCCOC(=O)C2=C(C)NC(C)=C(C(=O)OC)C2C)cc1. The number of hydrogen-bond donors (Lipinski definition) is 1. The number of dihydropyridines is 1. The van der Waals surface area contributed by atoms with Gasteiger partial charge < -0.3 is 19.5 Å². The summed E-state index contributed by atoms with van der Waals surface area (Å²) in [6.45, 7) is 8.65. The second-order valence-electron chi connectivity index (χ2n) is 7.43. The molecule has 1 unspecified atom stereocenters. The van der Waals surface area contributed by atoms with Crippen LogP contribution in [0, 0.1) is 5.92 Å². The Labute approximate surface area is 189 Å². The van der Waals surface area contributed by atoms with Gasteiger partial charge in [0.25, 0.3) is 0 Å². The maximum absolute atomic E-state index is 12.6. The number of unbranched alkanes of at least 4 members (excludes halogenated alkanes) is 1. The fourth-order valence-electron chi connectivity index (χ4n) is 3.44. The molecule has 31 heavy (non-hydrogen) atoms. The van der Waals surface area contributed by atoms with Gasteiger partial charge in [0, 0.05) is 28.0 Å². The highest BCUT2D eigenvalue weighted by Gasteiger charge is 2.33. The van der Waals surface area contributed by atoms with Crippen LogP contribution in [0.2, 0.25) is 0 Å². The second-order valence-corrected chi connectivity index (χ2v) is 8.60. The molecule has 0 aliphatic carbocycles. The maximum Gasteiger partial charge on any atom is 0.336 e. The van der Waals surface area contributed by atoms with E-state index in [1.807, 2.05) is 38.1 Å². The van der Waals surface area contributed by atoms with Gasteiger partial charge in [0.1, 0.15) is 5.75 Å². The molecule has 1 aromatic carbocycles. The number of carbonyl (C=O) groups excluding carboxylic acids is 2. The zero-order valence-corrected chi connectivity index (χ0v) is 19.9. The summed E-state index contributed by atoms with van der Waals surface area (Å²) in [4.78, 5) is 25.9. The lowest BCUT2D eigenvalue weighted by atomic mass is 9.87. The molecule has 0 saturated heterocycles. The molecule has 1 aliphatic rings. The van der Waals surface area contributed by atoms with E-state index in [9.17, 15) is 9.59 Å². The number of nitrogens with one attached hydrogen (secondary N) is 1. The second kappa shape index (κ2) is 12.4. The number of rotatable bonds is 11. The Hall–Kier alpha value is -2.41. The number of ether oxygens (including phenoxy) is 3. The van der Waals surface area contributed by atoms with Gasteiger partial charge in [-0.05, 0) is 51.0 Å². The van der Waals surface area contributed by atoms with Crippen molar-refractivity contribution in [3.8, 4) is 5.75 Å². The van der Waals surface area contributed by atoms with Crippen LogP contribution in [0.5, 0.6) is 5.75 Å². The summed E-state index contributed by atoms with van der Waals surface area (Å²) < 4.78 is 16.0. The topological polar surface area (TPSA) is 73.9 Å². The first-order valence-electron chi connectivity index (χ1n) is 10.7. The number of benzene rings is 1. The van der Waals surface area contributed by atoms with E-state index >= 15 is 0 Å². The molecule has 0 radical (unpaired) electrons. The lowest BCUT2D eigenvalue weighted by Gasteiger charge is -2.27. The molecule has 0 saturated carbocycles. The number of carbonyl (C=O) groups is 2. The van der Waals surface area contributed by atoms with E-state index in [-0.39, 0.29) is 5.92 Å². The van der Waals surface area contributed by atoms with Gasteiger partial charge >= 0.3 is 11.9 Å². The van der Waals surface area contributed by atoms with Crippen molar-refractivity contribution in [2.45, 2.75) is 51.9 Å². The average molecular weight is 448 g/mol. The summed E-state index contributed by atoms with van der Waals surface area (Å²) in [5.41, 5.74) is 2.33. The Morgan fingerprint density at radius 1 is 1.00 bits per heavy atom. The van der Waals surface area contributed by atoms with Gasteiger partial charge in [-0.1, -0.05) is 20.3 Å². The van der Waals surface area contributed by atoms with Gasteiger partial charge in [0.15, 0.2) is 0 Å². The zero-order chi connectivity index (χ0) is 22.8. The van der Waals surface area contributed by atoms with Crippen LogP contribution in [0.3, 0.4) is 0 Å². The van der Waals surface area contributed by atoms with Crippen molar-refractivity contribution in [2.24, 2.45) is 5.92 Å². The third-order valence-corrected chi connectivity index (χ3v) is 6.15. The number of esters is 2. The highest BCUT2D eigenvalue weighted by molar-refractivity contribution is 7.99. The van der Waals surface area contributed by atoms with E-state index in [2.05, 4.69) is 12.2 Å². The smallest absolute Gasteiger partial charge is 0.336 e. The lowest BCUT2D eigenvalue weighted by molar-refractivity contribution is -0.139. The molecule has 7 heteroatoms. The van der Waals surface area contributed by atoms with Gasteiger partial charge in [-0.15, -0.1) is 11.8 Å². The first-order chi connectivity index (χ1) is 14.9. The molecule has 0 aromatic heterocycles. The van der Waals surface area contributed by atoms with Crippen molar-refractivity contribution in [3.63, 3.8) is 0 Å². The largest absolute Gasteiger partial charge is 0.494 e. The molecule has 6 nitrogen and oxygen atoms in total. The van der Waals surface area contributed by atoms with Crippen LogP contribution < -0.4 is 10.1 Å². The standard InChI is InChI=1S/C24H33NO5S/c1-6-7-13-29-19-9-11-20(12-10-19)31-15-8-14-30-24(27)22-16(2)21(23(26)28-5)17(3)25-18(22)4/h9-12,16,25H,6-8,13-15H2,1-5H3. The van der Waals surface area contributed by atoms with Crippen LogP contribution in [-0.2, 0) is 19.1 Å². The summed E-state index contributed by atoms with van der Waals surface area (Å²) in [7, 11) is 1.34. The van der Waals surface area contributed by atoms with Crippen LogP contribution in [0.25, 0.3) is 0 Å². The lowest BCUT2D eigenvalue weighted by Crippen LogP contribution is -2.32. The summed E-state index contributed by atoms with van der Waals surface area (Å²) in [5, 5.41) is 3.09. The molecule has 0 bridgehead atoms. The van der Waals surface area contributed by atoms with Crippen LogP contribution in [0.4, 0.5) is 0 Å². The summed E-state index contributed by atoms with van der Waals surface area (Å²) in [6, 6.07) is 8.06.